The molecule has 8 nitrogen and oxygen atoms in total. The second kappa shape index (κ2) is 6.50. The normalized spacial score (nSPS) is 21.6. The van der Waals surface area contributed by atoms with Crippen LogP contribution in [0, 0.1) is 6.92 Å². The van der Waals surface area contributed by atoms with E-state index in [0.29, 0.717) is 30.5 Å². The molecule has 1 amide bonds. The minimum atomic E-state index is -0.0619. The maximum absolute atomic E-state index is 13.1. The summed E-state index contributed by atoms with van der Waals surface area (Å²) in [6.07, 6.45) is 3.97. The van der Waals surface area contributed by atoms with Crippen LogP contribution >= 0.6 is 0 Å². The minimum Gasteiger partial charge on any atom is -0.338 e. The van der Waals surface area contributed by atoms with E-state index in [4.69, 9.17) is 4.52 Å². The molecule has 0 spiro atoms. The lowest BCUT2D eigenvalue weighted by Gasteiger charge is -2.37. The molecule has 1 aliphatic carbocycles. The van der Waals surface area contributed by atoms with E-state index < -0.39 is 0 Å². The van der Waals surface area contributed by atoms with Crippen LogP contribution in [0.15, 0.2) is 10.7 Å². The third-order valence-corrected chi connectivity index (χ3v) is 5.38. The highest BCUT2D eigenvalue weighted by molar-refractivity contribution is 5.95. The number of likely N-dealkylation sites (N-methyl/N-ethyl adjacent to an activating group) is 1. The van der Waals surface area contributed by atoms with Crippen molar-refractivity contribution in [2.24, 2.45) is 0 Å². The molecule has 0 radical (unpaired) electrons. The standard InChI is InChI=1S/C18H26N6O2/c1-11(2)24-12(3)14(9-19-24)18(25)23-8-7-22(4)15(10-23)17-20-16(21-26-17)13-5-6-13/h9,11,13,15H,5-8,10H2,1-4H3/t15-/m1/s1. The second-order valence-electron chi connectivity index (χ2n) is 7.69. The summed E-state index contributed by atoms with van der Waals surface area (Å²) in [6, 6.07) is 0.171. The average Bonchev–Trinajstić information content (AvgIpc) is 3.21. The Morgan fingerprint density at radius 2 is 2.08 bits per heavy atom. The first kappa shape index (κ1) is 17.2. The predicted molar refractivity (Wildman–Crippen MR) is 94.9 cm³/mol. The smallest absolute Gasteiger partial charge is 0.257 e. The molecule has 1 aliphatic heterocycles. The highest BCUT2D eigenvalue weighted by atomic mass is 16.5. The zero-order valence-corrected chi connectivity index (χ0v) is 15.8. The summed E-state index contributed by atoms with van der Waals surface area (Å²) in [7, 11) is 2.04. The number of piperazine rings is 1. The van der Waals surface area contributed by atoms with Crippen LogP contribution in [0.5, 0.6) is 0 Å². The van der Waals surface area contributed by atoms with Crippen LogP contribution in [0.4, 0.5) is 0 Å². The van der Waals surface area contributed by atoms with E-state index in [2.05, 4.69) is 34.0 Å². The van der Waals surface area contributed by atoms with Gasteiger partial charge in [-0.1, -0.05) is 5.16 Å². The number of aromatic nitrogens is 4. The van der Waals surface area contributed by atoms with Crippen molar-refractivity contribution in [1.29, 1.82) is 0 Å². The molecular formula is C18H26N6O2. The summed E-state index contributed by atoms with van der Waals surface area (Å²) in [5.74, 6) is 1.91. The Morgan fingerprint density at radius 1 is 1.31 bits per heavy atom. The number of rotatable bonds is 4. The summed E-state index contributed by atoms with van der Waals surface area (Å²) in [4.78, 5) is 21.7. The van der Waals surface area contributed by atoms with Gasteiger partial charge in [0.05, 0.1) is 11.8 Å². The van der Waals surface area contributed by atoms with E-state index in [1.54, 1.807) is 6.20 Å². The molecule has 0 aromatic carbocycles. The molecule has 4 rings (SSSR count). The molecule has 2 aliphatic rings. The van der Waals surface area contributed by atoms with Crippen LogP contribution in [0.2, 0.25) is 0 Å². The van der Waals surface area contributed by atoms with Crippen molar-refractivity contribution in [3.8, 4) is 0 Å². The van der Waals surface area contributed by atoms with Crippen molar-refractivity contribution >= 4 is 5.91 Å². The number of hydrogen-bond donors (Lipinski definition) is 0. The van der Waals surface area contributed by atoms with Gasteiger partial charge in [0.2, 0.25) is 5.89 Å². The SMILES string of the molecule is Cc1c(C(=O)N2CCN(C)[C@@H](c3nc(C4CC4)no3)C2)cnn1C(C)C. The third kappa shape index (κ3) is 3.02. The molecule has 2 fully saturated rings. The fourth-order valence-corrected chi connectivity index (χ4v) is 3.54. The van der Waals surface area contributed by atoms with Crippen molar-refractivity contribution in [2.45, 2.75) is 51.6 Å². The quantitative estimate of drug-likeness (QED) is 0.833. The van der Waals surface area contributed by atoms with Crippen LogP contribution in [-0.2, 0) is 0 Å². The van der Waals surface area contributed by atoms with Gasteiger partial charge in [0.25, 0.3) is 5.91 Å². The van der Waals surface area contributed by atoms with Gasteiger partial charge in [-0.2, -0.15) is 10.1 Å². The highest BCUT2D eigenvalue weighted by Crippen LogP contribution is 2.39. The van der Waals surface area contributed by atoms with Crippen molar-refractivity contribution in [2.75, 3.05) is 26.7 Å². The number of carbonyl (C=O) groups is 1. The molecule has 8 heteroatoms. The minimum absolute atomic E-state index is 0.0226. The van der Waals surface area contributed by atoms with Gasteiger partial charge in [-0.3, -0.25) is 14.4 Å². The largest absolute Gasteiger partial charge is 0.338 e. The third-order valence-electron chi connectivity index (χ3n) is 5.38. The van der Waals surface area contributed by atoms with E-state index in [1.165, 1.54) is 0 Å². The van der Waals surface area contributed by atoms with Gasteiger partial charge >= 0.3 is 0 Å². The summed E-state index contributed by atoms with van der Waals surface area (Å²) in [5.41, 5.74) is 1.58. The van der Waals surface area contributed by atoms with Gasteiger partial charge in [-0.25, -0.2) is 0 Å². The molecule has 1 saturated heterocycles. The summed E-state index contributed by atoms with van der Waals surface area (Å²) >= 11 is 0. The Labute approximate surface area is 153 Å². The first-order chi connectivity index (χ1) is 12.5. The Morgan fingerprint density at radius 3 is 2.73 bits per heavy atom. The maximum atomic E-state index is 13.1. The number of nitrogens with zero attached hydrogens (tertiary/aromatic N) is 6. The monoisotopic (exact) mass is 358 g/mol. The molecule has 26 heavy (non-hydrogen) atoms. The van der Waals surface area contributed by atoms with Gasteiger partial charge in [0.1, 0.15) is 6.04 Å². The average molecular weight is 358 g/mol. The predicted octanol–water partition coefficient (Wildman–Crippen LogP) is 2.16. The Bertz CT molecular complexity index is 806. The van der Waals surface area contributed by atoms with Crippen LogP contribution in [0.3, 0.4) is 0 Å². The number of carbonyl (C=O) groups excluding carboxylic acids is 1. The van der Waals surface area contributed by atoms with Gasteiger partial charge in [-0.05, 0) is 40.7 Å². The molecule has 0 bridgehead atoms. The van der Waals surface area contributed by atoms with Crippen LogP contribution in [-0.4, -0.2) is 62.3 Å². The van der Waals surface area contributed by atoms with Crippen molar-refractivity contribution in [1.82, 2.24) is 29.7 Å². The number of hydrogen-bond acceptors (Lipinski definition) is 6. The summed E-state index contributed by atoms with van der Waals surface area (Å²) in [6.45, 7) is 8.08. The second-order valence-corrected chi connectivity index (χ2v) is 7.69. The van der Waals surface area contributed by atoms with E-state index in [0.717, 1.165) is 30.9 Å². The van der Waals surface area contributed by atoms with Gasteiger partial charge in [0, 0.05) is 37.3 Å². The lowest BCUT2D eigenvalue weighted by atomic mass is 10.1. The van der Waals surface area contributed by atoms with Crippen molar-refractivity contribution in [3.05, 3.63) is 29.2 Å². The first-order valence-electron chi connectivity index (χ1n) is 9.32. The Kier molecular flexibility index (Phi) is 4.30. The molecule has 140 valence electrons. The fourth-order valence-electron chi connectivity index (χ4n) is 3.54. The molecule has 1 atom stereocenters. The highest BCUT2D eigenvalue weighted by Gasteiger charge is 2.35. The van der Waals surface area contributed by atoms with Gasteiger partial charge in [0.15, 0.2) is 5.82 Å². The Hall–Kier alpha value is -2.22. The summed E-state index contributed by atoms with van der Waals surface area (Å²) < 4.78 is 7.40. The Balaban J connectivity index is 1.52. The molecule has 1 saturated carbocycles. The van der Waals surface area contributed by atoms with Gasteiger partial charge < -0.3 is 9.42 Å². The van der Waals surface area contributed by atoms with Crippen LogP contribution < -0.4 is 0 Å². The molecule has 0 N–H and O–H groups in total. The molecule has 3 heterocycles. The molecular weight excluding hydrogens is 332 g/mol. The maximum Gasteiger partial charge on any atom is 0.257 e. The van der Waals surface area contributed by atoms with E-state index in [-0.39, 0.29) is 18.0 Å². The molecule has 0 unspecified atom stereocenters. The topological polar surface area (TPSA) is 80.3 Å². The summed E-state index contributed by atoms with van der Waals surface area (Å²) in [5, 5.41) is 8.49. The van der Waals surface area contributed by atoms with Crippen molar-refractivity contribution in [3.63, 3.8) is 0 Å². The molecule has 2 aromatic rings. The molecule has 2 aromatic heterocycles. The first-order valence-corrected chi connectivity index (χ1v) is 9.32. The zero-order valence-electron chi connectivity index (χ0n) is 15.8. The van der Waals surface area contributed by atoms with E-state index in [9.17, 15) is 4.79 Å². The van der Waals surface area contributed by atoms with E-state index >= 15 is 0 Å². The van der Waals surface area contributed by atoms with Gasteiger partial charge in [-0.15, -0.1) is 0 Å². The van der Waals surface area contributed by atoms with Crippen molar-refractivity contribution < 1.29 is 9.32 Å². The fraction of sp³-hybridized carbons (Fsp3) is 0.667. The van der Waals surface area contributed by atoms with Crippen LogP contribution in [0.25, 0.3) is 0 Å². The van der Waals surface area contributed by atoms with E-state index in [1.807, 2.05) is 23.6 Å². The zero-order chi connectivity index (χ0) is 18.4. The lowest BCUT2D eigenvalue weighted by molar-refractivity contribution is 0.0488. The lowest BCUT2D eigenvalue weighted by Crippen LogP contribution is -2.49. The van der Waals surface area contributed by atoms with Crippen LogP contribution in [0.1, 0.15) is 72.5 Å². The number of amides is 1.